The molecule has 10 aromatic rings. The molecule has 0 unspecified atom stereocenters. The fraction of sp³-hybridized carbons (Fsp3) is 0.0526. The summed E-state index contributed by atoms with van der Waals surface area (Å²) in [6.45, 7) is 2.36. The van der Waals surface area contributed by atoms with E-state index in [0.29, 0.717) is 0 Å². The van der Waals surface area contributed by atoms with E-state index >= 15 is 0 Å². The maximum Gasteiger partial charge on any atom is 0.139 e. The third kappa shape index (κ3) is 4.15. The van der Waals surface area contributed by atoms with Gasteiger partial charge >= 0.3 is 0 Å². The molecule has 0 saturated heterocycles. The Morgan fingerprint density at radius 1 is 0.339 bits per heavy atom. The molecule has 0 saturated carbocycles. The first-order chi connectivity index (χ1) is 29.2. The molecule has 59 heavy (non-hydrogen) atoms. The summed E-state index contributed by atoms with van der Waals surface area (Å²) in [5, 5.41) is 2.23. The smallest absolute Gasteiger partial charge is 0.139 e. The number of anilines is 3. The van der Waals surface area contributed by atoms with Crippen molar-refractivity contribution < 1.29 is 4.42 Å². The topological polar surface area (TPSA) is 16.4 Å². The number of fused-ring (bicyclic) bond motifs is 16. The van der Waals surface area contributed by atoms with Gasteiger partial charge in [-0.25, -0.2) is 0 Å². The second-order valence-electron chi connectivity index (χ2n) is 16.5. The molecule has 276 valence electrons. The van der Waals surface area contributed by atoms with Crippen molar-refractivity contribution >= 4 is 39.0 Å². The maximum absolute atomic E-state index is 6.95. The summed E-state index contributed by atoms with van der Waals surface area (Å²) in [4.78, 5) is 2.41. The fourth-order valence-corrected chi connectivity index (χ4v) is 11.3. The predicted molar refractivity (Wildman–Crippen MR) is 242 cm³/mol. The molecular weight excluding hydrogens is 715 g/mol. The normalized spacial score (nSPS) is 14.5. The third-order valence-corrected chi connectivity index (χ3v) is 13.8. The van der Waals surface area contributed by atoms with Crippen LogP contribution in [0.15, 0.2) is 211 Å². The Morgan fingerprint density at radius 3 is 1.39 bits per heavy atom. The zero-order valence-electron chi connectivity index (χ0n) is 32.5. The van der Waals surface area contributed by atoms with Crippen LogP contribution in [0.3, 0.4) is 0 Å². The summed E-state index contributed by atoms with van der Waals surface area (Å²) >= 11 is 0. The van der Waals surface area contributed by atoms with E-state index < -0.39 is 5.41 Å². The van der Waals surface area contributed by atoms with E-state index in [1.165, 1.54) is 72.3 Å². The molecule has 1 aromatic heterocycles. The van der Waals surface area contributed by atoms with E-state index in [0.717, 1.165) is 39.0 Å². The largest absolute Gasteiger partial charge is 0.456 e. The highest BCUT2D eigenvalue weighted by Gasteiger charge is 2.51. The summed E-state index contributed by atoms with van der Waals surface area (Å²) < 4.78 is 6.95. The zero-order valence-corrected chi connectivity index (χ0v) is 32.5. The van der Waals surface area contributed by atoms with E-state index in [9.17, 15) is 0 Å². The lowest BCUT2D eigenvalue weighted by Crippen LogP contribution is -2.26. The molecule has 0 bridgehead atoms. The lowest BCUT2D eigenvalue weighted by atomic mass is 9.70. The van der Waals surface area contributed by atoms with Gasteiger partial charge in [-0.1, -0.05) is 164 Å². The van der Waals surface area contributed by atoms with Gasteiger partial charge in [-0.15, -0.1) is 0 Å². The first-order valence-corrected chi connectivity index (χ1v) is 20.6. The van der Waals surface area contributed by atoms with Crippen LogP contribution in [0.4, 0.5) is 17.1 Å². The van der Waals surface area contributed by atoms with E-state index in [2.05, 4.69) is 218 Å². The van der Waals surface area contributed by atoms with Crippen LogP contribution < -0.4 is 4.90 Å². The molecule has 0 amide bonds. The standard InChI is InChI=1S/C57H37NO/c1-56(47-24-10-5-18-39(47)40-19-6-11-25-48(40)56)52-29-15-23-45-46-34-37(31-33-54(46)59-55(45)52)58(36-16-3-2-4-17-36)38-30-32-44-43-22-9-14-28-51(43)57(53(44)35-38)49-26-12-7-20-41(49)42-21-8-13-27-50(42)57/h2-35H,1H3. The van der Waals surface area contributed by atoms with Crippen LogP contribution in [-0.2, 0) is 10.8 Å². The van der Waals surface area contributed by atoms with Gasteiger partial charge in [-0.2, -0.15) is 0 Å². The van der Waals surface area contributed by atoms with Crippen LogP contribution in [-0.4, -0.2) is 0 Å². The number of hydrogen-bond donors (Lipinski definition) is 0. The third-order valence-electron chi connectivity index (χ3n) is 13.8. The van der Waals surface area contributed by atoms with E-state index in [-0.39, 0.29) is 5.41 Å². The van der Waals surface area contributed by atoms with Crippen molar-refractivity contribution in [2.45, 2.75) is 17.8 Å². The SMILES string of the molecule is CC1(c2cccc3c2oc2ccc(N(c4ccccc4)c4ccc5c(c4)C4(c6ccccc6-c6ccccc64)c4ccccc4-5)cc23)c2ccccc2-c2ccccc21. The van der Waals surface area contributed by atoms with E-state index in [4.69, 9.17) is 4.42 Å². The Morgan fingerprint density at radius 2 is 0.797 bits per heavy atom. The highest BCUT2D eigenvalue weighted by atomic mass is 16.3. The molecule has 0 atom stereocenters. The van der Waals surface area contributed by atoms with Gasteiger partial charge in [-0.3, -0.25) is 0 Å². The molecule has 3 aliphatic rings. The Labute approximate surface area is 343 Å². The Kier molecular flexibility index (Phi) is 6.54. The second-order valence-corrected chi connectivity index (χ2v) is 16.5. The highest BCUT2D eigenvalue weighted by molar-refractivity contribution is 6.08. The molecule has 2 nitrogen and oxygen atoms in total. The highest BCUT2D eigenvalue weighted by Crippen LogP contribution is 2.63. The number of hydrogen-bond acceptors (Lipinski definition) is 2. The Balaban J connectivity index is 1.02. The molecule has 13 rings (SSSR count). The quantitative estimate of drug-likeness (QED) is 0.178. The minimum Gasteiger partial charge on any atom is -0.456 e. The van der Waals surface area contributed by atoms with Crippen LogP contribution in [0, 0.1) is 0 Å². The van der Waals surface area contributed by atoms with Crippen LogP contribution in [0.25, 0.3) is 55.3 Å². The number of para-hydroxylation sites is 2. The zero-order chi connectivity index (χ0) is 38.9. The number of nitrogens with zero attached hydrogens (tertiary/aromatic N) is 1. The monoisotopic (exact) mass is 751 g/mol. The van der Waals surface area contributed by atoms with Crippen LogP contribution in [0.5, 0.6) is 0 Å². The molecule has 1 spiro atoms. The molecule has 9 aromatic carbocycles. The molecule has 0 aliphatic heterocycles. The van der Waals surface area contributed by atoms with Crippen molar-refractivity contribution in [2.75, 3.05) is 4.90 Å². The first-order valence-electron chi connectivity index (χ1n) is 20.6. The van der Waals surface area contributed by atoms with Gasteiger partial charge in [0.05, 0.1) is 5.41 Å². The minimum atomic E-state index is -0.424. The molecule has 1 heterocycles. The first kappa shape index (κ1) is 32.6. The van der Waals surface area contributed by atoms with Gasteiger partial charge in [-0.05, 0) is 116 Å². The van der Waals surface area contributed by atoms with Gasteiger partial charge in [0.1, 0.15) is 11.2 Å². The lowest BCUT2D eigenvalue weighted by Gasteiger charge is -2.32. The lowest BCUT2D eigenvalue weighted by molar-refractivity contribution is 0.638. The number of rotatable bonds is 4. The summed E-state index contributed by atoms with van der Waals surface area (Å²) in [5.74, 6) is 0. The second kappa shape index (κ2) is 11.8. The number of furan rings is 1. The fourth-order valence-electron chi connectivity index (χ4n) is 11.3. The predicted octanol–water partition coefficient (Wildman–Crippen LogP) is 14.7. The van der Waals surface area contributed by atoms with Crippen molar-refractivity contribution in [3.63, 3.8) is 0 Å². The van der Waals surface area contributed by atoms with Crippen molar-refractivity contribution in [2.24, 2.45) is 0 Å². The summed E-state index contributed by atoms with van der Waals surface area (Å²) in [6, 6.07) is 76.1. The molecule has 0 N–H and O–H groups in total. The Hall–Kier alpha value is -7.42. The summed E-state index contributed by atoms with van der Waals surface area (Å²) in [5.41, 5.74) is 21.3. The minimum absolute atomic E-state index is 0.366. The van der Waals surface area contributed by atoms with Crippen molar-refractivity contribution in [1.82, 2.24) is 0 Å². The Bertz CT molecular complexity index is 3260. The van der Waals surface area contributed by atoms with Crippen molar-refractivity contribution in [1.29, 1.82) is 0 Å². The molecular formula is C57H37NO. The molecule has 2 heteroatoms. The van der Waals surface area contributed by atoms with E-state index in [1.807, 2.05) is 0 Å². The van der Waals surface area contributed by atoms with Crippen molar-refractivity contribution in [3.8, 4) is 33.4 Å². The summed E-state index contributed by atoms with van der Waals surface area (Å²) in [6.07, 6.45) is 0. The van der Waals surface area contributed by atoms with Gasteiger partial charge in [0.2, 0.25) is 0 Å². The van der Waals surface area contributed by atoms with Gasteiger partial charge in [0.15, 0.2) is 0 Å². The molecule has 0 radical (unpaired) electrons. The molecule has 3 aliphatic carbocycles. The average Bonchev–Trinajstić information content (AvgIpc) is 4.00. The van der Waals surface area contributed by atoms with Crippen LogP contribution >= 0.6 is 0 Å². The van der Waals surface area contributed by atoms with E-state index in [1.54, 1.807) is 0 Å². The van der Waals surface area contributed by atoms with Gasteiger partial charge < -0.3 is 9.32 Å². The molecule has 0 fully saturated rings. The summed E-state index contributed by atoms with van der Waals surface area (Å²) in [7, 11) is 0. The number of benzene rings is 9. The average molecular weight is 752 g/mol. The maximum atomic E-state index is 6.95. The van der Waals surface area contributed by atoms with Gasteiger partial charge in [0.25, 0.3) is 0 Å². The van der Waals surface area contributed by atoms with Crippen molar-refractivity contribution in [3.05, 3.63) is 245 Å². The van der Waals surface area contributed by atoms with Crippen LogP contribution in [0.1, 0.15) is 45.9 Å². The van der Waals surface area contributed by atoms with Gasteiger partial charge in [0, 0.05) is 38.8 Å². The van der Waals surface area contributed by atoms with Crippen LogP contribution in [0.2, 0.25) is 0 Å².